The Balaban J connectivity index is 5.54. The first-order valence-electron chi connectivity index (χ1n) is 6.99. The topological polar surface area (TPSA) is 19.0 Å². The van der Waals surface area contributed by atoms with Crippen molar-refractivity contribution in [1.29, 1.82) is 0 Å². The summed E-state index contributed by atoms with van der Waals surface area (Å²) in [5.41, 5.74) is -0.0994. The van der Waals surface area contributed by atoms with Crippen LogP contribution in [0.4, 0.5) is 0 Å². The van der Waals surface area contributed by atoms with Gasteiger partial charge in [0.25, 0.3) is 0 Å². The molecule has 5 heteroatoms. The molecule has 0 radical (unpaired) electrons. The summed E-state index contributed by atoms with van der Waals surface area (Å²) in [6.07, 6.45) is 0. The normalized spacial score (nSPS) is 14.0. The van der Waals surface area contributed by atoms with Gasteiger partial charge in [0, 0.05) is 0 Å². The van der Waals surface area contributed by atoms with E-state index in [-0.39, 0.29) is 5.60 Å². The Bertz CT molecular complexity index is 216. The first kappa shape index (κ1) is 18.7. The first-order valence-corrected chi connectivity index (χ1v) is 13.3. The molecule has 0 bridgehead atoms. The fourth-order valence-corrected chi connectivity index (χ4v) is 17.5. The van der Waals surface area contributed by atoms with E-state index in [4.69, 9.17) is 2.85 Å². The molecule has 0 N–H and O–H groups in total. The third kappa shape index (κ3) is 4.37. The van der Waals surface area contributed by atoms with Crippen LogP contribution in [0, 0.1) is 0 Å². The molecule has 0 aromatic rings. The molecule has 0 atom stereocenters. The van der Waals surface area contributed by atoms with Crippen LogP contribution in [-0.4, -0.2) is 55.0 Å². The van der Waals surface area contributed by atoms with Gasteiger partial charge < -0.3 is 0 Å². The molecule has 0 saturated heterocycles. The Hall–Kier alpha value is 0.710. The van der Waals surface area contributed by atoms with Crippen molar-refractivity contribution in [3.8, 4) is 0 Å². The van der Waals surface area contributed by atoms with Gasteiger partial charge in [-0.3, -0.25) is 0 Å². The van der Waals surface area contributed by atoms with Crippen LogP contribution >= 0.6 is 0 Å². The average molecular weight is 426 g/mol. The predicted molar refractivity (Wildman–Crippen MR) is 75.8 cm³/mol. The van der Waals surface area contributed by atoms with Crippen LogP contribution in [0.1, 0.15) is 41.5 Å². The van der Waals surface area contributed by atoms with Crippen LogP contribution in [0.25, 0.3) is 0 Å². The van der Waals surface area contributed by atoms with Crippen molar-refractivity contribution in [2.24, 2.45) is 0 Å². The molecule has 18 heavy (non-hydrogen) atoms. The summed E-state index contributed by atoms with van der Waals surface area (Å²) >= 11 is -3.29. The molecule has 0 heterocycles. The summed E-state index contributed by atoms with van der Waals surface area (Å²) in [4.78, 5) is 0. The summed E-state index contributed by atoms with van der Waals surface area (Å²) in [6.45, 7) is 16.2. The van der Waals surface area contributed by atoms with E-state index < -0.39 is 21.3 Å². The molecule has 0 spiro atoms. The van der Waals surface area contributed by atoms with Crippen LogP contribution < -0.4 is 0 Å². The summed E-state index contributed by atoms with van der Waals surface area (Å²) in [5, 5.41) is 0. The molecule has 0 unspecified atom stereocenters. The third-order valence-electron chi connectivity index (χ3n) is 3.36. The average Bonchev–Trinajstić information content (AvgIpc) is 2.31. The summed E-state index contributed by atoms with van der Waals surface area (Å²) in [7, 11) is 6.64. The van der Waals surface area contributed by atoms with Crippen molar-refractivity contribution in [3.63, 3.8) is 0 Å². The summed E-state index contributed by atoms with van der Waals surface area (Å²) in [6, 6.07) is 0. The molecule has 0 aliphatic heterocycles. The van der Waals surface area contributed by atoms with Gasteiger partial charge in [0.2, 0.25) is 0 Å². The minimum atomic E-state index is -3.29. The second kappa shape index (κ2) is 7.48. The molecule has 0 fully saturated rings. The monoisotopic (exact) mass is 427 g/mol. The van der Waals surface area contributed by atoms with Gasteiger partial charge in [-0.1, -0.05) is 0 Å². The zero-order valence-corrected chi connectivity index (χ0v) is 17.5. The van der Waals surface area contributed by atoms with Crippen molar-refractivity contribution in [2.45, 2.75) is 47.1 Å². The Labute approximate surface area is 120 Å². The molecule has 0 saturated carbocycles. The SMILES string of the molecule is CC[N](C)[Hf]([O]C(C)(C)C)([N](C)CC)[N](C)CC. The van der Waals surface area contributed by atoms with Crippen LogP contribution in [0.5, 0.6) is 0 Å². The van der Waals surface area contributed by atoms with Crippen molar-refractivity contribution >= 4 is 0 Å². The van der Waals surface area contributed by atoms with Gasteiger partial charge in [0.1, 0.15) is 0 Å². The Kier molecular flexibility index (Phi) is 7.78. The molecule has 110 valence electrons. The van der Waals surface area contributed by atoms with E-state index in [1.807, 2.05) is 0 Å². The second-order valence-corrected chi connectivity index (χ2v) is 18.9. The fourth-order valence-electron chi connectivity index (χ4n) is 2.14. The zero-order valence-electron chi connectivity index (χ0n) is 13.9. The van der Waals surface area contributed by atoms with E-state index >= 15 is 0 Å². The van der Waals surface area contributed by atoms with Crippen molar-refractivity contribution in [2.75, 3.05) is 40.8 Å². The fraction of sp³-hybridized carbons (Fsp3) is 1.00. The Morgan fingerprint density at radius 2 is 1.06 bits per heavy atom. The van der Waals surface area contributed by atoms with E-state index in [0.29, 0.717) is 0 Å². The number of hydrogen-bond donors (Lipinski definition) is 0. The predicted octanol–water partition coefficient (Wildman–Crippen LogP) is 2.47. The number of hydrogen-bond acceptors (Lipinski definition) is 4. The molecule has 0 aliphatic rings. The summed E-state index contributed by atoms with van der Waals surface area (Å²) in [5.74, 6) is 0. The number of rotatable bonds is 7. The van der Waals surface area contributed by atoms with Crippen molar-refractivity contribution in [3.05, 3.63) is 0 Å². The molecule has 0 aromatic carbocycles. The minimum absolute atomic E-state index is 0.0994. The standard InChI is InChI=1S/C4H9O.3C3H8N.Hf/c1-4(2,3)5;3*1-3-4-2;/h1-3H3;3*3H2,1-2H3;/q4*-1;+4. The van der Waals surface area contributed by atoms with Gasteiger partial charge in [0.05, 0.1) is 0 Å². The van der Waals surface area contributed by atoms with E-state index in [1.54, 1.807) is 0 Å². The van der Waals surface area contributed by atoms with E-state index in [1.165, 1.54) is 0 Å². The quantitative estimate of drug-likeness (QED) is 0.583. The molecule has 0 aliphatic carbocycles. The maximum absolute atomic E-state index is 6.68. The van der Waals surface area contributed by atoms with Crippen molar-refractivity contribution in [1.82, 2.24) is 8.66 Å². The molecule has 0 aromatic heterocycles. The van der Waals surface area contributed by atoms with Gasteiger partial charge in [-0.05, 0) is 0 Å². The zero-order chi connectivity index (χ0) is 14.6. The molecule has 0 amide bonds. The van der Waals surface area contributed by atoms with Crippen molar-refractivity contribution < 1.29 is 24.1 Å². The third-order valence-corrected chi connectivity index (χ3v) is 20.7. The second-order valence-electron chi connectivity index (χ2n) is 5.83. The summed E-state index contributed by atoms with van der Waals surface area (Å²) < 4.78 is 14.1. The Morgan fingerprint density at radius 1 is 0.778 bits per heavy atom. The Morgan fingerprint density at radius 3 is 1.22 bits per heavy atom. The van der Waals surface area contributed by atoms with Gasteiger partial charge in [-0.15, -0.1) is 0 Å². The van der Waals surface area contributed by atoms with Gasteiger partial charge >= 0.3 is 121 Å². The van der Waals surface area contributed by atoms with E-state index in [2.05, 4.69) is 71.3 Å². The maximum atomic E-state index is 6.68. The van der Waals surface area contributed by atoms with Crippen LogP contribution in [0.3, 0.4) is 0 Å². The van der Waals surface area contributed by atoms with Gasteiger partial charge in [0.15, 0.2) is 0 Å². The van der Waals surface area contributed by atoms with E-state index in [9.17, 15) is 0 Å². The molecular formula is C13H33HfN3O. The van der Waals surface area contributed by atoms with Gasteiger partial charge in [-0.2, -0.15) is 0 Å². The molecular weight excluding hydrogens is 393 g/mol. The number of nitrogens with zero attached hydrogens (tertiary/aromatic N) is 3. The molecule has 0 rings (SSSR count). The van der Waals surface area contributed by atoms with Gasteiger partial charge in [-0.25, -0.2) is 0 Å². The van der Waals surface area contributed by atoms with Crippen LogP contribution in [0.15, 0.2) is 0 Å². The molecule has 4 nitrogen and oxygen atoms in total. The van der Waals surface area contributed by atoms with Crippen LogP contribution in [0.2, 0.25) is 0 Å². The van der Waals surface area contributed by atoms with E-state index in [0.717, 1.165) is 19.6 Å². The first-order chi connectivity index (χ1) is 8.15. The van der Waals surface area contributed by atoms with Crippen LogP contribution in [-0.2, 0) is 24.1 Å².